The fourth-order valence-electron chi connectivity index (χ4n) is 5.42. The Morgan fingerprint density at radius 2 is 2.00 bits per heavy atom. The third kappa shape index (κ3) is 5.24. The van der Waals surface area contributed by atoms with Gasteiger partial charge in [0.1, 0.15) is 0 Å². The Hall–Kier alpha value is -3.36. The van der Waals surface area contributed by atoms with Crippen molar-refractivity contribution in [1.29, 1.82) is 0 Å². The van der Waals surface area contributed by atoms with E-state index in [4.69, 9.17) is 15.6 Å². The largest absolute Gasteiger partial charge is 0.404 e. The second-order valence-electron chi connectivity index (χ2n) is 9.79. The minimum absolute atomic E-state index is 0.391. The molecule has 2 unspecified atom stereocenters. The number of allylic oxidation sites excluding steroid dienone is 1. The quantitative estimate of drug-likeness (QED) is 0.529. The van der Waals surface area contributed by atoms with Gasteiger partial charge in [-0.3, -0.25) is 14.6 Å². The van der Waals surface area contributed by atoms with Crippen LogP contribution in [0.25, 0.3) is 28.1 Å². The molecule has 0 amide bonds. The van der Waals surface area contributed by atoms with Crippen molar-refractivity contribution < 1.29 is 4.74 Å². The lowest BCUT2D eigenvalue weighted by Gasteiger charge is -2.42. The molecular weight excluding hydrogens is 450 g/mol. The molecule has 0 bridgehead atoms. The molecule has 0 radical (unpaired) electrons. The van der Waals surface area contributed by atoms with Crippen molar-refractivity contribution in [2.75, 3.05) is 33.4 Å². The molecule has 2 aliphatic rings. The Bertz CT molecular complexity index is 1220. The summed E-state index contributed by atoms with van der Waals surface area (Å²) in [5.41, 5.74) is 10.5. The number of piperidine rings is 1. The maximum Gasteiger partial charge on any atom is 0.159 e. The molecule has 36 heavy (non-hydrogen) atoms. The van der Waals surface area contributed by atoms with Crippen molar-refractivity contribution >= 4 is 11.8 Å². The molecule has 8 heteroatoms. The average Bonchev–Trinajstić information content (AvgIpc) is 3.43. The van der Waals surface area contributed by atoms with E-state index in [1.165, 1.54) is 13.0 Å². The third-order valence-electron chi connectivity index (χ3n) is 7.36. The van der Waals surface area contributed by atoms with Crippen LogP contribution in [-0.2, 0) is 4.74 Å². The number of ether oxygens (including phenoxy) is 1. The van der Waals surface area contributed by atoms with Gasteiger partial charge in [-0.2, -0.15) is 5.10 Å². The summed E-state index contributed by atoms with van der Waals surface area (Å²) in [6.45, 7) is 6.27. The van der Waals surface area contributed by atoms with Gasteiger partial charge in [0.05, 0.1) is 18.8 Å². The van der Waals surface area contributed by atoms with E-state index in [0.717, 1.165) is 60.4 Å². The van der Waals surface area contributed by atoms with E-state index in [1.54, 1.807) is 19.5 Å². The van der Waals surface area contributed by atoms with Gasteiger partial charge < -0.3 is 10.5 Å². The molecule has 0 spiro atoms. The van der Waals surface area contributed by atoms with E-state index < -0.39 is 0 Å². The Labute approximate surface area is 212 Å². The first kappa shape index (κ1) is 24.3. The molecule has 2 aromatic heterocycles. The fraction of sp³-hybridized carbons (Fsp3) is 0.429. The van der Waals surface area contributed by atoms with Crippen molar-refractivity contribution in [2.24, 2.45) is 16.6 Å². The van der Waals surface area contributed by atoms with Crippen LogP contribution in [0.15, 0.2) is 60.2 Å². The lowest BCUT2D eigenvalue weighted by atomic mass is 9.93. The maximum absolute atomic E-state index is 5.77. The summed E-state index contributed by atoms with van der Waals surface area (Å²) in [6, 6.07) is 9.02. The Morgan fingerprint density at radius 3 is 2.78 bits per heavy atom. The zero-order valence-corrected chi connectivity index (χ0v) is 21.1. The molecule has 4 heterocycles. The van der Waals surface area contributed by atoms with Gasteiger partial charge in [0, 0.05) is 79.5 Å². The van der Waals surface area contributed by atoms with E-state index in [1.807, 2.05) is 42.9 Å². The zero-order chi connectivity index (χ0) is 24.9. The van der Waals surface area contributed by atoms with Crippen molar-refractivity contribution in [1.82, 2.24) is 24.6 Å². The maximum atomic E-state index is 5.77. The number of aliphatic imine (C=N–C) groups is 1. The first-order valence-corrected chi connectivity index (χ1v) is 12.8. The van der Waals surface area contributed by atoms with Gasteiger partial charge in [-0.25, -0.2) is 9.97 Å². The van der Waals surface area contributed by atoms with Gasteiger partial charge in [-0.1, -0.05) is 25.1 Å². The standard InChI is InChI=1S/C28H35N7O/c1-20-19-36-10-8-27(20)34-9-4-7-26(18-34)35-17-25(16-33-35)24-14-31-28(32-15-24)22-6-3-5-21(11-22)23(12-29)13-30-2/h3,5-6,11-17,20,26-27H,4,7-10,18-19,29H2,1-2H3/t20?,26-,27?/m1/s1. The number of rotatable bonds is 6. The summed E-state index contributed by atoms with van der Waals surface area (Å²) in [4.78, 5) is 16.0. The molecule has 5 rings (SSSR count). The van der Waals surface area contributed by atoms with E-state index in [9.17, 15) is 0 Å². The molecule has 3 atom stereocenters. The van der Waals surface area contributed by atoms with Gasteiger partial charge >= 0.3 is 0 Å². The molecule has 2 fully saturated rings. The monoisotopic (exact) mass is 485 g/mol. The number of hydrogen-bond donors (Lipinski definition) is 1. The summed E-state index contributed by atoms with van der Waals surface area (Å²) in [5.74, 6) is 1.26. The minimum atomic E-state index is 0.391. The van der Waals surface area contributed by atoms with Gasteiger partial charge in [0.2, 0.25) is 0 Å². The normalized spacial score (nSPS) is 23.8. The number of nitrogens with zero attached hydrogens (tertiary/aromatic N) is 6. The number of nitrogens with two attached hydrogens (primary N) is 1. The van der Waals surface area contributed by atoms with Crippen LogP contribution in [0.5, 0.6) is 0 Å². The predicted octanol–water partition coefficient (Wildman–Crippen LogP) is 4.07. The zero-order valence-electron chi connectivity index (χ0n) is 21.1. The van der Waals surface area contributed by atoms with E-state index in [2.05, 4.69) is 37.7 Å². The van der Waals surface area contributed by atoms with E-state index in [0.29, 0.717) is 23.8 Å². The van der Waals surface area contributed by atoms with Crippen LogP contribution in [0, 0.1) is 5.92 Å². The number of likely N-dealkylation sites (tertiary alicyclic amines) is 1. The van der Waals surface area contributed by atoms with Crippen molar-refractivity contribution in [3.05, 3.63) is 60.8 Å². The Balaban J connectivity index is 1.29. The van der Waals surface area contributed by atoms with Crippen LogP contribution in [0.1, 0.15) is 37.8 Å². The number of hydrogen-bond acceptors (Lipinski definition) is 7. The fourth-order valence-corrected chi connectivity index (χ4v) is 5.42. The van der Waals surface area contributed by atoms with Crippen LogP contribution in [0.2, 0.25) is 0 Å². The van der Waals surface area contributed by atoms with Gasteiger partial charge in [-0.15, -0.1) is 0 Å². The molecule has 2 N–H and O–H groups in total. The lowest BCUT2D eigenvalue weighted by Crippen LogP contribution is -2.49. The van der Waals surface area contributed by atoms with E-state index in [-0.39, 0.29) is 0 Å². The molecule has 8 nitrogen and oxygen atoms in total. The summed E-state index contributed by atoms with van der Waals surface area (Å²) in [7, 11) is 1.73. The van der Waals surface area contributed by atoms with Crippen molar-refractivity contribution in [3.63, 3.8) is 0 Å². The topological polar surface area (TPSA) is 94.5 Å². The van der Waals surface area contributed by atoms with Crippen molar-refractivity contribution in [3.8, 4) is 22.5 Å². The Morgan fingerprint density at radius 1 is 1.14 bits per heavy atom. The first-order valence-electron chi connectivity index (χ1n) is 12.8. The van der Waals surface area contributed by atoms with Gasteiger partial charge in [-0.05, 0) is 43.4 Å². The molecule has 2 aliphatic heterocycles. The molecular formula is C28H35N7O. The lowest BCUT2D eigenvalue weighted by molar-refractivity contribution is -0.0188. The third-order valence-corrected chi connectivity index (χ3v) is 7.36. The van der Waals surface area contributed by atoms with Crippen LogP contribution in [0.3, 0.4) is 0 Å². The number of aromatic nitrogens is 4. The molecule has 0 aliphatic carbocycles. The van der Waals surface area contributed by atoms with Gasteiger partial charge in [0.15, 0.2) is 5.82 Å². The summed E-state index contributed by atoms with van der Waals surface area (Å²) >= 11 is 0. The van der Waals surface area contributed by atoms with E-state index >= 15 is 0 Å². The minimum Gasteiger partial charge on any atom is -0.404 e. The molecule has 1 aromatic carbocycles. The smallest absolute Gasteiger partial charge is 0.159 e. The summed E-state index contributed by atoms with van der Waals surface area (Å²) < 4.78 is 7.80. The van der Waals surface area contributed by atoms with Crippen LogP contribution in [0.4, 0.5) is 0 Å². The molecule has 0 saturated carbocycles. The van der Waals surface area contributed by atoms with Crippen LogP contribution < -0.4 is 5.73 Å². The van der Waals surface area contributed by atoms with Crippen LogP contribution >= 0.6 is 0 Å². The summed E-state index contributed by atoms with van der Waals surface area (Å²) in [6.07, 6.45) is 14.6. The average molecular weight is 486 g/mol. The molecule has 2 saturated heterocycles. The van der Waals surface area contributed by atoms with Crippen molar-refractivity contribution in [2.45, 2.75) is 38.3 Å². The Kier molecular flexibility index (Phi) is 7.53. The van der Waals surface area contributed by atoms with Crippen LogP contribution in [-0.4, -0.2) is 70.3 Å². The first-order chi connectivity index (χ1) is 17.7. The second kappa shape index (κ2) is 11.1. The number of benzene rings is 1. The highest BCUT2D eigenvalue weighted by Gasteiger charge is 2.32. The second-order valence-corrected chi connectivity index (χ2v) is 9.79. The summed E-state index contributed by atoms with van der Waals surface area (Å²) in [5, 5.41) is 4.73. The SMILES string of the molecule is CN=CC(=CN)c1cccc(-c2ncc(-c3cnn([C@@H]4CCCN(C5CCOCC5C)C4)c3)cn2)c1. The van der Waals surface area contributed by atoms with Gasteiger partial charge in [0.25, 0.3) is 0 Å². The molecule has 188 valence electrons. The predicted molar refractivity (Wildman–Crippen MR) is 144 cm³/mol. The highest BCUT2D eigenvalue weighted by molar-refractivity contribution is 6.09. The molecule has 3 aromatic rings. The highest BCUT2D eigenvalue weighted by Crippen LogP contribution is 2.29. The highest BCUT2D eigenvalue weighted by atomic mass is 16.5.